The van der Waals surface area contributed by atoms with Crippen LogP contribution in [-0.2, 0) is 4.79 Å². The van der Waals surface area contributed by atoms with Crippen molar-refractivity contribution in [3.8, 4) is 0 Å². The summed E-state index contributed by atoms with van der Waals surface area (Å²) in [7, 11) is 0. The van der Waals surface area contributed by atoms with E-state index < -0.39 is 12.1 Å². The van der Waals surface area contributed by atoms with E-state index in [0.29, 0.717) is 6.42 Å². The maximum atomic E-state index is 12.4. The molecule has 1 amide bonds. The molecule has 0 saturated heterocycles. The van der Waals surface area contributed by atoms with Gasteiger partial charge in [-0.1, -0.05) is 213 Å². The molecule has 4 heteroatoms. The summed E-state index contributed by atoms with van der Waals surface area (Å²) in [6, 6.07) is -0.668. The molecule has 0 radical (unpaired) electrons. The normalized spacial score (nSPS) is 13.9. The van der Waals surface area contributed by atoms with Crippen LogP contribution < -0.4 is 5.32 Å². The van der Waals surface area contributed by atoms with Crippen molar-refractivity contribution < 1.29 is 15.0 Å². The fourth-order valence-electron chi connectivity index (χ4n) is 6.56. The number of hydrogen-bond donors (Lipinski definition) is 3. The highest BCUT2D eigenvalue weighted by atomic mass is 16.3. The third-order valence-electron chi connectivity index (χ3n) is 10.2. The van der Waals surface area contributed by atoms with E-state index >= 15 is 0 Å². The molecule has 0 aromatic rings. The molecule has 0 spiro atoms. The van der Waals surface area contributed by atoms with Gasteiger partial charge in [-0.25, -0.2) is 0 Å². The van der Waals surface area contributed by atoms with Crippen LogP contribution in [0.15, 0.2) is 109 Å². The van der Waals surface area contributed by atoms with Gasteiger partial charge in [-0.15, -0.1) is 0 Å². The number of carbonyl (C=O) groups is 1. The van der Waals surface area contributed by atoms with Crippen molar-refractivity contribution in [2.75, 3.05) is 6.61 Å². The minimum atomic E-state index is -0.889. The lowest BCUT2D eigenvalue weighted by molar-refractivity contribution is -0.123. The summed E-state index contributed by atoms with van der Waals surface area (Å²) in [5, 5.41) is 23.0. The van der Waals surface area contributed by atoms with Crippen molar-refractivity contribution in [3.63, 3.8) is 0 Å². The van der Waals surface area contributed by atoms with Crippen molar-refractivity contribution in [2.24, 2.45) is 0 Å². The van der Waals surface area contributed by atoms with Crippen LogP contribution in [0, 0.1) is 0 Å². The summed E-state index contributed by atoms with van der Waals surface area (Å²) in [5.41, 5.74) is 0. The Kier molecular flexibility index (Phi) is 46.0. The number of amides is 1. The number of aliphatic hydroxyl groups excluding tert-OH is 2. The van der Waals surface area contributed by atoms with Gasteiger partial charge in [0.25, 0.3) is 0 Å². The molecule has 0 aromatic heterocycles. The van der Waals surface area contributed by atoms with E-state index in [4.69, 9.17) is 0 Å². The van der Waals surface area contributed by atoms with E-state index in [1.54, 1.807) is 6.08 Å². The fraction of sp³-hybridized carbons (Fsp3) is 0.648. The summed E-state index contributed by atoms with van der Waals surface area (Å²) >= 11 is 0. The van der Waals surface area contributed by atoms with Crippen molar-refractivity contribution in [3.05, 3.63) is 109 Å². The predicted molar refractivity (Wildman–Crippen MR) is 257 cm³/mol. The molecule has 0 bridgehead atoms. The molecule has 0 saturated carbocycles. The Morgan fingerprint density at radius 3 is 1.21 bits per heavy atom. The third kappa shape index (κ3) is 44.2. The molecule has 58 heavy (non-hydrogen) atoms. The van der Waals surface area contributed by atoms with Crippen molar-refractivity contribution >= 4 is 5.91 Å². The maximum absolute atomic E-state index is 12.4. The molecule has 3 N–H and O–H groups in total. The highest BCUT2D eigenvalue weighted by Crippen LogP contribution is 2.13. The highest BCUT2D eigenvalue weighted by Gasteiger charge is 2.17. The molecule has 0 fully saturated rings. The Hall–Kier alpha value is -2.95. The number of hydrogen-bond acceptors (Lipinski definition) is 3. The van der Waals surface area contributed by atoms with Crippen LogP contribution in [-0.4, -0.2) is 34.9 Å². The summed E-state index contributed by atoms with van der Waals surface area (Å²) < 4.78 is 0. The van der Waals surface area contributed by atoms with Gasteiger partial charge in [-0.05, 0) is 96.3 Å². The van der Waals surface area contributed by atoms with E-state index in [9.17, 15) is 15.0 Å². The fourth-order valence-corrected chi connectivity index (χ4v) is 6.56. The molecule has 0 aliphatic heterocycles. The molecule has 0 rings (SSSR count). The molecule has 0 heterocycles. The van der Waals surface area contributed by atoms with Crippen LogP contribution in [0.25, 0.3) is 0 Å². The number of unbranched alkanes of at least 4 members (excludes halogenated alkanes) is 19. The number of allylic oxidation sites excluding steroid dienone is 17. The second kappa shape index (κ2) is 48.4. The zero-order chi connectivity index (χ0) is 42.1. The number of rotatable bonds is 42. The summed E-state index contributed by atoms with van der Waals surface area (Å²) in [6.07, 6.45) is 73.5. The molecular formula is C54H91NO3. The molecule has 2 unspecified atom stereocenters. The van der Waals surface area contributed by atoms with Gasteiger partial charge in [-0.3, -0.25) is 4.79 Å². The lowest BCUT2D eigenvalue weighted by atomic mass is 10.0. The first kappa shape index (κ1) is 55.1. The lowest BCUT2D eigenvalue weighted by Gasteiger charge is -2.19. The van der Waals surface area contributed by atoms with Gasteiger partial charge in [0.05, 0.1) is 18.8 Å². The number of aliphatic hydroxyl groups is 2. The molecule has 330 valence electrons. The Bertz CT molecular complexity index is 1140. The molecule has 0 aromatic carbocycles. The Morgan fingerprint density at radius 2 is 0.776 bits per heavy atom. The Morgan fingerprint density at radius 1 is 0.431 bits per heavy atom. The molecule has 0 aliphatic carbocycles. The second-order valence-corrected chi connectivity index (χ2v) is 15.8. The summed E-state index contributed by atoms with van der Waals surface area (Å²) in [5.74, 6) is -0.107. The van der Waals surface area contributed by atoms with Crippen LogP contribution >= 0.6 is 0 Å². The Labute approximate surface area is 359 Å². The average Bonchev–Trinajstić information content (AvgIpc) is 3.23. The summed E-state index contributed by atoms with van der Waals surface area (Å²) in [4.78, 5) is 12.4. The molecular weight excluding hydrogens is 711 g/mol. The smallest absolute Gasteiger partial charge is 0.220 e. The van der Waals surface area contributed by atoms with Gasteiger partial charge in [0.2, 0.25) is 5.91 Å². The minimum absolute atomic E-state index is 0.107. The first-order valence-electron chi connectivity index (χ1n) is 24.1. The van der Waals surface area contributed by atoms with Gasteiger partial charge in [0.15, 0.2) is 0 Å². The average molecular weight is 802 g/mol. The SMILES string of the molecule is CC/C=C\C/C=C\C/C=C\C/C=C\C/C=C\C/C=C\CCCCCCC(=O)NC(CO)C(O)/C=C/CC/C=C/CC/C=C/CCCCCCCCCCCCCCC. The minimum Gasteiger partial charge on any atom is -0.394 e. The van der Waals surface area contributed by atoms with E-state index in [1.165, 1.54) is 89.9 Å². The van der Waals surface area contributed by atoms with Crippen molar-refractivity contribution in [2.45, 2.75) is 219 Å². The zero-order valence-electron chi connectivity index (χ0n) is 37.8. The van der Waals surface area contributed by atoms with Crippen molar-refractivity contribution in [1.29, 1.82) is 0 Å². The second-order valence-electron chi connectivity index (χ2n) is 15.8. The van der Waals surface area contributed by atoms with Crippen LogP contribution in [0.5, 0.6) is 0 Å². The van der Waals surface area contributed by atoms with Gasteiger partial charge in [0, 0.05) is 6.42 Å². The predicted octanol–water partition coefficient (Wildman–Crippen LogP) is 15.6. The topological polar surface area (TPSA) is 69.6 Å². The van der Waals surface area contributed by atoms with Crippen LogP contribution in [0.1, 0.15) is 206 Å². The van der Waals surface area contributed by atoms with Gasteiger partial charge in [0.1, 0.15) is 0 Å². The Balaban J connectivity index is 3.73. The van der Waals surface area contributed by atoms with E-state index in [-0.39, 0.29) is 12.5 Å². The monoisotopic (exact) mass is 802 g/mol. The number of carbonyl (C=O) groups excluding carboxylic acids is 1. The quantitative estimate of drug-likeness (QED) is 0.0425. The molecule has 4 nitrogen and oxygen atoms in total. The first-order chi connectivity index (χ1) is 28.7. The highest BCUT2D eigenvalue weighted by molar-refractivity contribution is 5.76. The van der Waals surface area contributed by atoms with Gasteiger partial charge >= 0.3 is 0 Å². The zero-order valence-corrected chi connectivity index (χ0v) is 37.8. The molecule has 0 aliphatic rings. The maximum Gasteiger partial charge on any atom is 0.220 e. The standard InChI is InChI=1S/C54H91NO3/c1-3-5-7-9-11-13-15-17-19-21-23-25-27-29-31-33-35-37-39-41-43-45-47-49-53(57)52(51-56)55-54(58)50-48-46-44-42-40-38-36-34-32-30-28-26-24-22-20-18-16-14-12-10-8-6-4-2/h6,8,12,14,18,20,24,26,30-33,36,38-39,41,47,49,52-53,56-57H,3-5,7,9-11,13,15-17,19,21-23,25,27-29,34-35,37,40,42-46,48,50-51H2,1-2H3,(H,55,58)/b8-6-,14-12-,20-18-,26-24-,32-30-,33-31+,38-36-,41-39+,49-47+. The van der Waals surface area contributed by atoms with Gasteiger partial charge < -0.3 is 15.5 Å². The van der Waals surface area contributed by atoms with E-state index in [1.807, 2.05) is 6.08 Å². The van der Waals surface area contributed by atoms with Crippen molar-refractivity contribution in [1.82, 2.24) is 5.32 Å². The number of nitrogens with one attached hydrogen (secondary N) is 1. The third-order valence-corrected chi connectivity index (χ3v) is 10.2. The van der Waals surface area contributed by atoms with E-state index in [2.05, 4.69) is 116 Å². The lowest BCUT2D eigenvalue weighted by Crippen LogP contribution is -2.45. The van der Waals surface area contributed by atoms with Crippen LogP contribution in [0.4, 0.5) is 0 Å². The molecule has 2 atom stereocenters. The van der Waals surface area contributed by atoms with E-state index in [0.717, 1.165) is 96.3 Å². The largest absolute Gasteiger partial charge is 0.394 e. The van der Waals surface area contributed by atoms with Crippen LogP contribution in [0.2, 0.25) is 0 Å². The van der Waals surface area contributed by atoms with Gasteiger partial charge in [-0.2, -0.15) is 0 Å². The van der Waals surface area contributed by atoms with Crippen LogP contribution in [0.3, 0.4) is 0 Å². The summed E-state index contributed by atoms with van der Waals surface area (Å²) in [6.45, 7) is 4.16. The first-order valence-corrected chi connectivity index (χ1v) is 24.1.